The summed E-state index contributed by atoms with van der Waals surface area (Å²) in [6.07, 6.45) is 5.87. The van der Waals surface area contributed by atoms with Crippen molar-refractivity contribution in [3.8, 4) is 0 Å². The Labute approximate surface area is 236 Å². The number of aromatic nitrogens is 2. The summed E-state index contributed by atoms with van der Waals surface area (Å²) >= 11 is 0. The molecule has 3 aromatic carbocycles. The molecule has 0 saturated carbocycles. The molecule has 1 saturated heterocycles. The molecule has 7 heteroatoms. The standard InChI is InChI=1S/C33H38N6O/c1-4-8-24-13-16-29-30(21-24)36-33(38(2)3)37-31(29)34-22-25-11-14-28(15-12-25)35-32(40)27-17-19-39(20-18-27)23-26-9-6-5-7-10-26/h4-16,21,27H,17-20,22-23H2,1-3H3,(H,35,40)(H,34,36,37)/b8-4+. The number of allylic oxidation sites excluding steroid dienone is 1. The molecule has 2 heterocycles. The zero-order chi connectivity index (χ0) is 27.9. The Morgan fingerprint density at radius 2 is 1.73 bits per heavy atom. The predicted molar refractivity (Wildman–Crippen MR) is 165 cm³/mol. The number of hydrogen-bond donors (Lipinski definition) is 2. The number of fused-ring (bicyclic) bond motifs is 1. The summed E-state index contributed by atoms with van der Waals surface area (Å²) in [4.78, 5) is 26.8. The molecule has 1 amide bonds. The van der Waals surface area contributed by atoms with E-state index in [1.807, 2.05) is 62.3 Å². The summed E-state index contributed by atoms with van der Waals surface area (Å²) in [6, 6.07) is 24.8. The fourth-order valence-electron chi connectivity index (χ4n) is 5.10. The van der Waals surface area contributed by atoms with Crippen molar-refractivity contribution in [3.05, 3.63) is 95.6 Å². The van der Waals surface area contributed by atoms with Crippen LogP contribution in [0.15, 0.2) is 78.9 Å². The summed E-state index contributed by atoms with van der Waals surface area (Å²) in [7, 11) is 3.89. The highest BCUT2D eigenvalue weighted by Gasteiger charge is 2.25. The van der Waals surface area contributed by atoms with Crippen molar-refractivity contribution < 1.29 is 4.79 Å². The zero-order valence-electron chi connectivity index (χ0n) is 23.6. The molecule has 2 N–H and O–H groups in total. The fraction of sp³-hybridized carbons (Fsp3) is 0.303. The molecule has 5 rings (SSSR count). The van der Waals surface area contributed by atoms with Crippen molar-refractivity contribution in [2.24, 2.45) is 5.92 Å². The highest BCUT2D eigenvalue weighted by molar-refractivity contribution is 5.93. The highest BCUT2D eigenvalue weighted by atomic mass is 16.1. The fourth-order valence-corrected chi connectivity index (χ4v) is 5.10. The minimum Gasteiger partial charge on any atom is -0.365 e. The molecular formula is C33H38N6O. The first-order chi connectivity index (χ1) is 19.5. The number of carbonyl (C=O) groups excluding carboxylic acids is 1. The van der Waals surface area contributed by atoms with E-state index in [9.17, 15) is 4.79 Å². The van der Waals surface area contributed by atoms with Gasteiger partial charge in [0.25, 0.3) is 0 Å². The van der Waals surface area contributed by atoms with Gasteiger partial charge in [0.15, 0.2) is 0 Å². The average Bonchev–Trinajstić information content (AvgIpc) is 2.97. The Bertz CT molecular complexity index is 1460. The van der Waals surface area contributed by atoms with Crippen molar-refractivity contribution in [1.29, 1.82) is 0 Å². The van der Waals surface area contributed by atoms with Gasteiger partial charge in [-0.3, -0.25) is 9.69 Å². The summed E-state index contributed by atoms with van der Waals surface area (Å²) < 4.78 is 0. The van der Waals surface area contributed by atoms with E-state index >= 15 is 0 Å². The predicted octanol–water partition coefficient (Wildman–Crippen LogP) is 6.19. The van der Waals surface area contributed by atoms with E-state index < -0.39 is 0 Å². The summed E-state index contributed by atoms with van der Waals surface area (Å²) in [5.74, 6) is 1.64. The molecule has 1 aliphatic heterocycles. The van der Waals surface area contributed by atoms with Crippen molar-refractivity contribution in [2.45, 2.75) is 32.9 Å². The molecule has 0 bridgehead atoms. The Balaban J connectivity index is 1.17. The van der Waals surface area contributed by atoms with Gasteiger partial charge in [0.05, 0.1) is 5.52 Å². The first-order valence-corrected chi connectivity index (χ1v) is 14.0. The van der Waals surface area contributed by atoms with Crippen molar-refractivity contribution in [2.75, 3.05) is 42.7 Å². The lowest BCUT2D eigenvalue weighted by Crippen LogP contribution is -2.37. The maximum atomic E-state index is 12.9. The molecule has 0 unspecified atom stereocenters. The van der Waals surface area contributed by atoms with E-state index in [1.54, 1.807) is 0 Å². The van der Waals surface area contributed by atoms with Crippen LogP contribution in [-0.2, 0) is 17.9 Å². The van der Waals surface area contributed by atoms with Gasteiger partial charge in [-0.1, -0.05) is 60.7 Å². The molecule has 206 valence electrons. The van der Waals surface area contributed by atoms with E-state index in [4.69, 9.17) is 9.97 Å². The van der Waals surface area contributed by atoms with Crippen LogP contribution in [0.2, 0.25) is 0 Å². The second kappa shape index (κ2) is 12.7. The summed E-state index contributed by atoms with van der Waals surface area (Å²) in [6.45, 7) is 5.46. The van der Waals surface area contributed by atoms with Crippen LogP contribution >= 0.6 is 0 Å². The van der Waals surface area contributed by atoms with Gasteiger partial charge in [-0.05, 0) is 73.8 Å². The average molecular weight is 535 g/mol. The van der Waals surface area contributed by atoms with Gasteiger partial charge in [-0.2, -0.15) is 4.98 Å². The van der Waals surface area contributed by atoms with Crippen LogP contribution < -0.4 is 15.5 Å². The number of benzene rings is 3. The van der Waals surface area contributed by atoms with Crippen LogP contribution in [0.1, 0.15) is 36.5 Å². The topological polar surface area (TPSA) is 73.4 Å². The van der Waals surface area contributed by atoms with Crippen LogP contribution in [-0.4, -0.2) is 48.0 Å². The number of piperidine rings is 1. The minimum atomic E-state index is 0.0543. The van der Waals surface area contributed by atoms with Gasteiger partial charge in [-0.15, -0.1) is 0 Å². The maximum Gasteiger partial charge on any atom is 0.227 e. The summed E-state index contributed by atoms with van der Waals surface area (Å²) in [5.41, 5.74) is 5.28. The number of carbonyl (C=O) groups is 1. The van der Waals surface area contributed by atoms with Crippen LogP contribution in [0.3, 0.4) is 0 Å². The largest absolute Gasteiger partial charge is 0.365 e. The van der Waals surface area contributed by atoms with E-state index in [0.717, 1.165) is 66.0 Å². The van der Waals surface area contributed by atoms with Gasteiger partial charge in [0, 0.05) is 44.2 Å². The number of amides is 1. The van der Waals surface area contributed by atoms with Crippen molar-refractivity contribution in [3.63, 3.8) is 0 Å². The van der Waals surface area contributed by atoms with E-state index in [2.05, 4.69) is 64.1 Å². The van der Waals surface area contributed by atoms with Crippen LogP contribution in [0.5, 0.6) is 0 Å². The SMILES string of the molecule is C/C=C/c1ccc2c(NCc3ccc(NC(=O)C4CCN(Cc5ccccc5)CC4)cc3)nc(N(C)C)nc2c1. The van der Waals surface area contributed by atoms with E-state index in [1.165, 1.54) is 5.56 Å². The molecule has 1 fully saturated rings. The lowest BCUT2D eigenvalue weighted by atomic mass is 9.95. The van der Waals surface area contributed by atoms with Gasteiger partial charge in [0.1, 0.15) is 5.82 Å². The van der Waals surface area contributed by atoms with Gasteiger partial charge in [-0.25, -0.2) is 4.98 Å². The number of anilines is 3. The number of rotatable bonds is 9. The van der Waals surface area contributed by atoms with Crippen LogP contribution in [0.4, 0.5) is 17.5 Å². The van der Waals surface area contributed by atoms with Gasteiger partial charge < -0.3 is 15.5 Å². The molecule has 0 aliphatic carbocycles. The molecule has 40 heavy (non-hydrogen) atoms. The summed E-state index contributed by atoms with van der Waals surface area (Å²) in [5, 5.41) is 7.61. The zero-order valence-corrected chi connectivity index (χ0v) is 23.6. The van der Waals surface area contributed by atoms with Crippen LogP contribution in [0, 0.1) is 5.92 Å². The van der Waals surface area contributed by atoms with E-state index in [0.29, 0.717) is 12.5 Å². The molecule has 1 aliphatic rings. The van der Waals surface area contributed by atoms with Crippen LogP contribution in [0.25, 0.3) is 17.0 Å². The first kappa shape index (κ1) is 27.3. The quantitative estimate of drug-likeness (QED) is 0.267. The monoisotopic (exact) mass is 534 g/mol. The molecule has 0 atom stereocenters. The molecule has 7 nitrogen and oxygen atoms in total. The number of hydrogen-bond acceptors (Lipinski definition) is 6. The molecular weight excluding hydrogens is 496 g/mol. The van der Waals surface area contributed by atoms with Crippen molar-refractivity contribution in [1.82, 2.24) is 14.9 Å². The minimum absolute atomic E-state index is 0.0543. The smallest absolute Gasteiger partial charge is 0.227 e. The normalized spacial score (nSPS) is 14.5. The first-order valence-electron chi connectivity index (χ1n) is 14.0. The molecule has 1 aromatic heterocycles. The van der Waals surface area contributed by atoms with Crippen molar-refractivity contribution >= 4 is 40.3 Å². The molecule has 0 spiro atoms. The number of likely N-dealkylation sites (tertiary alicyclic amines) is 1. The second-order valence-electron chi connectivity index (χ2n) is 10.6. The maximum absolute atomic E-state index is 12.9. The third-order valence-electron chi connectivity index (χ3n) is 7.36. The Hall–Kier alpha value is -4.23. The lowest BCUT2D eigenvalue weighted by molar-refractivity contribution is -0.121. The van der Waals surface area contributed by atoms with E-state index in [-0.39, 0.29) is 11.8 Å². The second-order valence-corrected chi connectivity index (χ2v) is 10.6. The van der Waals surface area contributed by atoms with Gasteiger partial charge >= 0.3 is 0 Å². The third-order valence-corrected chi connectivity index (χ3v) is 7.36. The molecule has 4 aromatic rings. The number of nitrogens with one attached hydrogen (secondary N) is 2. The lowest BCUT2D eigenvalue weighted by Gasteiger charge is -2.31. The third kappa shape index (κ3) is 6.85. The molecule has 0 radical (unpaired) electrons. The van der Waals surface area contributed by atoms with Gasteiger partial charge in [0.2, 0.25) is 11.9 Å². The Morgan fingerprint density at radius 1 is 0.975 bits per heavy atom. The Morgan fingerprint density at radius 3 is 2.42 bits per heavy atom. The number of nitrogens with zero attached hydrogens (tertiary/aromatic N) is 4. The Kier molecular flexibility index (Phi) is 8.71. The highest BCUT2D eigenvalue weighted by Crippen LogP contribution is 2.26.